The molecule has 3 heteroatoms. The van der Waals surface area contributed by atoms with Gasteiger partial charge in [-0.25, -0.2) is 0 Å². The molecule has 0 radical (unpaired) electrons. The van der Waals surface area contributed by atoms with Crippen LogP contribution in [0.1, 0.15) is 51.4 Å². The number of hydrogen-bond donors (Lipinski definition) is 1. The molecule has 1 aliphatic carbocycles. The maximum atomic E-state index is 3.47. The monoisotopic (exact) mass is 282 g/mol. The summed E-state index contributed by atoms with van der Waals surface area (Å²) in [4.78, 5) is 2.85. The molecule has 2 atom stereocenters. The minimum atomic E-state index is 0.938. The van der Waals surface area contributed by atoms with Crippen molar-refractivity contribution in [3.05, 3.63) is 0 Å². The minimum absolute atomic E-state index is 0.938. The summed E-state index contributed by atoms with van der Waals surface area (Å²) in [7, 11) is 0. The van der Waals surface area contributed by atoms with E-state index in [2.05, 4.69) is 22.0 Å². The molecule has 0 aromatic carbocycles. The van der Waals surface area contributed by atoms with Crippen LogP contribution >= 0.6 is 11.8 Å². The molecule has 110 valence electrons. The number of hydrogen-bond acceptors (Lipinski definition) is 3. The molecule has 2 saturated heterocycles. The lowest BCUT2D eigenvalue weighted by molar-refractivity contribution is 0.0666. The quantitative estimate of drug-likeness (QED) is 0.853. The summed E-state index contributed by atoms with van der Waals surface area (Å²) in [6, 6.07) is 0.955. The minimum Gasteiger partial charge on any atom is -0.317 e. The van der Waals surface area contributed by atoms with Gasteiger partial charge >= 0.3 is 0 Å². The van der Waals surface area contributed by atoms with Gasteiger partial charge in [0, 0.05) is 23.6 Å². The van der Waals surface area contributed by atoms with Crippen LogP contribution in [0.5, 0.6) is 0 Å². The lowest BCUT2D eigenvalue weighted by Gasteiger charge is -2.44. The Bertz CT molecular complexity index is 263. The molecule has 0 amide bonds. The van der Waals surface area contributed by atoms with E-state index in [9.17, 15) is 0 Å². The Morgan fingerprint density at radius 2 is 1.74 bits per heavy atom. The first-order valence-electron chi connectivity index (χ1n) is 8.50. The molecule has 0 aromatic heterocycles. The molecule has 0 aromatic rings. The van der Waals surface area contributed by atoms with E-state index in [0.717, 1.165) is 17.2 Å². The maximum Gasteiger partial charge on any atom is 0.0124 e. The normalized spacial score (nSPS) is 34.1. The third-order valence-corrected chi connectivity index (χ3v) is 6.74. The van der Waals surface area contributed by atoms with Crippen molar-refractivity contribution in [2.45, 2.75) is 62.7 Å². The third-order valence-electron chi connectivity index (χ3n) is 5.38. The van der Waals surface area contributed by atoms with E-state index in [4.69, 9.17) is 0 Å². The summed E-state index contributed by atoms with van der Waals surface area (Å²) in [5.74, 6) is 2.42. The fourth-order valence-electron chi connectivity index (χ4n) is 4.30. The molecule has 2 heterocycles. The molecular weight excluding hydrogens is 252 g/mol. The first-order chi connectivity index (χ1) is 9.43. The Hall–Kier alpha value is 0.270. The van der Waals surface area contributed by atoms with Crippen LogP contribution < -0.4 is 5.32 Å². The molecule has 0 bridgehead atoms. The molecule has 3 fully saturated rings. The van der Waals surface area contributed by atoms with Crippen molar-refractivity contribution in [2.75, 3.05) is 31.9 Å². The van der Waals surface area contributed by atoms with Crippen LogP contribution in [0.3, 0.4) is 0 Å². The average Bonchev–Trinajstić information content (AvgIpc) is 2.49. The molecule has 1 N–H and O–H groups in total. The Labute approximate surface area is 123 Å². The van der Waals surface area contributed by atoms with Gasteiger partial charge in [-0.1, -0.05) is 12.8 Å². The van der Waals surface area contributed by atoms with Crippen molar-refractivity contribution in [1.82, 2.24) is 10.2 Å². The summed E-state index contributed by atoms with van der Waals surface area (Å²) < 4.78 is 0. The van der Waals surface area contributed by atoms with Gasteiger partial charge in [-0.3, -0.25) is 4.90 Å². The van der Waals surface area contributed by atoms with Crippen LogP contribution in [-0.2, 0) is 0 Å². The van der Waals surface area contributed by atoms with E-state index in [1.54, 1.807) is 0 Å². The molecule has 19 heavy (non-hydrogen) atoms. The number of thioether (sulfide) groups is 1. The molecule has 3 aliphatic rings. The molecule has 2 aliphatic heterocycles. The third kappa shape index (κ3) is 3.89. The van der Waals surface area contributed by atoms with Gasteiger partial charge in [0.05, 0.1) is 0 Å². The van der Waals surface area contributed by atoms with Crippen molar-refractivity contribution < 1.29 is 0 Å². The lowest BCUT2D eigenvalue weighted by Crippen LogP contribution is -2.47. The second-order valence-electron chi connectivity index (χ2n) is 6.61. The van der Waals surface area contributed by atoms with Crippen LogP contribution in [-0.4, -0.2) is 48.1 Å². The molecular formula is C16H30N2S. The van der Waals surface area contributed by atoms with E-state index in [-0.39, 0.29) is 0 Å². The number of nitrogens with zero attached hydrogens (tertiary/aromatic N) is 1. The zero-order chi connectivity index (χ0) is 12.9. The number of nitrogens with one attached hydrogen (secondary N) is 1. The lowest BCUT2D eigenvalue weighted by atomic mass is 9.78. The van der Waals surface area contributed by atoms with E-state index in [1.165, 1.54) is 83.3 Å². The van der Waals surface area contributed by atoms with Gasteiger partial charge in [-0.2, -0.15) is 11.8 Å². The van der Waals surface area contributed by atoms with E-state index in [1.807, 2.05) is 0 Å². The van der Waals surface area contributed by atoms with Crippen LogP contribution in [0.15, 0.2) is 0 Å². The Balaban J connectivity index is 1.40. The van der Waals surface area contributed by atoms with Crippen molar-refractivity contribution in [2.24, 2.45) is 5.92 Å². The average molecular weight is 282 g/mol. The van der Waals surface area contributed by atoms with Crippen LogP contribution in [0, 0.1) is 5.92 Å². The summed E-state index contributed by atoms with van der Waals surface area (Å²) in [5, 5.41) is 4.41. The standard InChI is InChI=1S/C16H30N2S/c1-2-6-16-14(4-1)5-3-11-18(16)12-13-19-15-7-9-17-10-8-15/h14-17H,1-13H2. The number of fused-ring (bicyclic) bond motifs is 1. The Morgan fingerprint density at radius 3 is 2.63 bits per heavy atom. The van der Waals surface area contributed by atoms with Crippen LogP contribution in [0.2, 0.25) is 0 Å². The second kappa shape index (κ2) is 7.33. The highest BCUT2D eigenvalue weighted by atomic mass is 32.2. The van der Waals surface area contributed by atoms with Crippen molar-refractivity contribution in [3.63, 3.8) is 0 Å². The van der Waals surface area contributed by atoms with E-state index < -0.39 is 0 Å². The van der Waals surface area contributed by atoms with Crippen LogP contribution in [0.25, 0.3) is 0 Å². The predicted octanol–water partition coefficient (Wildman–Crippen LogP) is 3.13. The van der Waals surface area contributed by atoms with E-state index in [0.29, 0.717) is 0 Å². The Kier molecular flexibility index (Phi) is 5.48. The topological polar surface area (TPSA) is 15.3 Å². The maximum absolute atomic E-state index is 3.47. The van der Waals surface area contributed by atoms with Gasteiger partial charge in [0.1, 0.15) is 0 Å². The summed E-state index contributed by atoms with van der Waals surface area (Å²) in [6.45, 7) is 5.22. The Morgan fingerprint density at radius 1 is 0.947 bits per heavy atom. The van der Waals surface area contributed by atoms with Gasteiger partial charge in [-0.15, -0.1) is 0 Å². The SMILES string of the molecule is C1CCC2C(C1)CCCN2CCSC1CCNCC1. The molecule has 1 saturated carbocycles. The highest BCUT2D eigenvalue weighted by Crippen LogP contribution is 2.35. The molecule has 0 spiro atoms. The summed E-state index contributed by atoms with van der Waals surface area (Å²) >= 11 is 2.25. The highest BCUT2D eigenvalue weighted by molar-refractivity contribution is 7.99. The first kappa shape index (κ1) is 14.2. The summed E-state index contributed by atoms with van der Waals surface area (Å²) in [5.41, 5.74) is 0. The number of rotatable bonds is 4. The largest absolute Gasteiger partial charge is 0.317 e. The van der Waals surface area contributed by atoms with Crippen molar-refractivity contribution in [3.8, 4) is 0 Å². The zero-order valence-electron chi connectivity index (χ0n) is 12.3. The van der Waals surface area contributed by atoms with E-state index >= 15 is 0 Å². The zero-order valence-corrected chi connectivity index (χ0v) is 13.1. The number of likely N-dealkylation sites (tertiary alicyclic amines) is 1. The van der Waals surface area contributed by atoms with Crippen molar-refractivity contribution >= 4 is 11.8 Å². The fraction of sp³-hybridized carbons (Fsp3) is 1.00. The van der Waals surface area contributed by atoms with Gasteiger partial charge < -0.3 is 5.32 Å². The smallest absolute Gasteiger partial charge is 0.0124 e. The highest BCUT2D eigenvalue weighted by Gasteiger charge is 2.32. The molecule has 3 rings (SSSR count). The van der Waals surface area contributed by atoms with Gasteiger partial charge in [0.15, 0.2) is 0 Å². The summed E-state index contributed by atoms with van der Waals surface area (Å²) in [6.07, 6.45) is 11.7. The van der Waals surface area contributed by atoms with Gasteiger partial charge in [0.25, 0.3) is 0 Å². The van der Waals surface area contributed by atoms with Gasteiger partial charge in [0.2, 0.25) is 0 Å². The number of piperidine rings is 2. The predicted molar refractivity (Wildman–Crippen MR) is 84.9 cm³/mol. The first-order valence-corrected chi connectivity index (χ1v) is 9.55. The van der Waals surface area contributed by atoms with Crippen molar-refractivity contribution in [1.29, 1.82) is 0 Å². The molecule has 2 nitrogen and oxygen atoms in total. The molecule has 2 unspecified atom stereocenters. The second-order valence-corrected chi connectivity index (χ2v) is 8.02. The van der Waals surface area contributed by atoms with Gasteiger partial charge in [-0.05, 0) is 64.1 Å². The fourth-order valence-corrected chi connectivity index (χ4v) is 5.55. The van der Waals surface area contributed by atoms with Crippen LogP contribution in [0.4, 0.5) is 0 Å².